The highest BCUT2D eigenvalue weighted by Gasteiger charge is 2.65. The van der Waals surface area contributed by atoms with E-state index in [-0.39, 0.29) is 69.8 Å². The van der Waals surface area contributed by atoms with Gasteiger partial charge < -0.3 is 44.0 Å². The van der Waals surface area contributed by atoms with E-state index in [4.69, 9.17) is 28.9 Å². The summed E-state index contributed by atoms with van der Waals surface area (Å²) in [7, 11) is 0. The molecular weight excluding hydrogens is 785 g/mol. The van der Waals surface area contributed by atoms with E-state index in [0.29, 0.717) is 43.1 Å². The molecule has 3 N–H and O–H groups in total. The number of hydrogen-bond acceptors (Lipinski definition) is 10. The van der Waals surface area contributed by atoms with E-state index in [9.17, 15) is 20.1 Å². The van der Waals surface area contributed by atoms with Gasteiger partial charge in [0.2, 0.25) is 11.7 Å². The predicted molar refractivity (Wildman–Crippen MR) is 243 cm³/mol. The number of fused-ring (bicyclic) bond motifs is 2. The van der Waals surface area contributed by atoms with Crippen LogP contribution in [0.5, 0.6) is 17.2 Å². The largest absolute Gasteiger partial charge is 0.459 e. The normalized spacial score (nSPS) is 25.1. The molecule has 6 rings (SSSR count). The van der Waals surface area contributed by atoms with Crippen molar-refractivity contribution in [1.29, 1.82) is 0 Å². The van der Waals surface area contributed by atoms with Gasteiger partial charge in [0.15, 0.2) is 0 Å². The van der Waals surface area contributed by atoms with Crippen LogP contribution in [0.15, 0.2) is 65.9 Å². The molecule has 0 bridgehead atoms. The van der Waals surface area contributed by atoms with Gasteiger partial charge in [-0.3, -0.25) is 4.79 Å². The van der Waals surface area contributed by atoms with E-state index >= 15 is 0 Å². The third kappa shape index (κ3) is 11.5. The lowest BCUT2D eigenvalue weighted by Crippen LogP contribution is -2.70. The molecule has 11 heteroatoms. The molecule has 0 saturated heterocycles. The summed E-state index contributed by atoms with van der Waals surface area (Å²) >= 11 is 0. The number of allylic oxidation sites excluding steroid dienone is 1. The van der Waals surface area contributed by atoms with Crippen molar-refractivity contribution in [2.75, 3.05) is 46.2 Å². The van der Waals surface area contributed by atoms with E-state index < -0.39 is 23.3 Å². The second kappa shape index (κ2) is 22.2. The van der Waals surface area contributed by atoms with Crippen LogP contribution in [-0.4, -0.2) is 95.5 Å². The minimum Gasteiger partial charge on any atom is -0.459 e. The predicted octanol–water partition coefficient (Wildman–Crippen LogP) is 9.34. The van der Waals surface area contributed by atoms with Gasteiger partial charge in [0.1, 0.15) is 28.9 Å². The van der Waals surface area contributed by atoms with E-state index in [1.165, 1.54) is 18.4 Å². The first kappa shape index (κ1) is 47.7. The molecule has 6 unspecified atom stereocenters. The molecule has 11 nitrogen and oxygen atoms in total. The minimum atomic E-state index is -1.36. The average Bonchev–Trinajstić information content (AvgIpc) is 3.78. The van der Waals surface area contributed by atoms with Crippen LogP contribution >= 0.6 is 0 Å². The Bertz CT molecular complexity index is 1850. The molecule has 0 radical (unpaired) electrons. The molecule has 0 aromatic heterocycles. The van der Waals surface area contributed by atoms with Crippen LogP contribution in [-0.2, 0) is 19.1 Å². The molecule has 62 heavy (non-hydrogen) atoms. The summed E-state index contributed by atoms with van der Waals surface area (Å²) in [5.41, 5.74) is 4.52. The second-order valence-electron chi connectivity index (χ2n) is 18.9. The van der Waals surface area contributed by atoms with E-state index in [2.05, 4.69) is 44.7 Å². The molecule has 2 aromatic carbocycles. The standard InChI is InChI=1S/C51H74N2O9/c1-7-28-59-51-46(53(24-29-58-30-27-56)47(57)23-19-37-14-8-9-15-37)34-44(52-62-50(4,5)6)42-32-38(16-10-12-25-54)41(17-11-13-26-55)48(49(42)51)43-33-40(21-22-45(43)61-51)60-39-20-18-35(2)36(3)31-39/h7,18,20-22,31-33,37-38,41,46,48-49,54-56H,1,8-17,19,23-30,34H2,2-6H3. The number of aliphatic hydroxyl groups excluding tert-OH is 3. The van der Waals surface area contributed by atoms with Crippen molar-refractivity contribution >= 4 is 11.6 Å². The molecule has 342 valence electrons. The van der Waals surface area contributed by atoms with Gasteiger partial charge in [0.05, 0.1) is 38.1 Å². The van der Waals surface area contributed by atoms with Crippen molar-refractivity contribution in [3.8, 4) is 17.2 Å². The number of rotatable bonds is 23. The molecule has 6 atom stereocenters. The Morgan fingerprint density at radius 3 is 2.35 bits per heavy atom. The van der Waals surface area contributed by atoms with Crippen LogP contribution in [0.4, 0.5) is 0 Å². The summed E-state index contributed by atoms with van der Waals surface area (Å²) in [4.78, 5) is 23.1. The first-order valence-corrected chi connectivity index (χ1v) is 23.4. The lowest BCUT2D eigenvalue weighted by molar-refractivity contribution is -0.258. The number of carbonyl (C=O) groups excluding carboxylic acids is 1. The number of nitrogens with zero attached hydrogens (tertiary/aromatic N) is 2. The number of aliphatic hydroxyl groups is 3. The average molecular weight is 859 g/mol. The second-order valence-corrected chi connectivity index (χ2v) is 18.9. The Balaban J connectivity index is 1.57. The fraction of sp³-hybridized carbons (Fsp3) is 0.647. The van der Waals surface area contributed by atoms with Crippen LogP contribution in [0.25, 0.3) is 0 Å². The quantitative estimate of drug-likeness (QED) is 0.0567. The van der Waals surface area contributed by atoms with Gasteiger partial charge in [-0.2, -0.15) is 0 Å². The summed E-state index contributed by atoms with van der Waals surface area (Å²) in [6.45, 7) is 15.2. The Hall–Kier alpha value is -3.74. The highest BCUT2D eigenvalue weighted by molar-refractivity contribution is 6.03. The Morgan fingerprint density at radius 1 is 0.935 bits per heavy atom. The SMILES string of the molecule is C=CCOC12Oc3ccc(Oc4ccc(C)c(C)c4)cc3C3C(CCCCO)C(CCCCO)C=C(C(=NOC(C)(C)C)CC1N(CCOCCO)C(=O)CCC1CCCC1)C32. The summed E-state index contributed by atoms with van der Waals surface area (Å²) in [6, 6.07) is 11.6. The smallest absolute Gasteiger partial charge is 0.239 e. The van der Waals surface area contributed by atoms with Crippen LogP contribution < -0.4 is 9.47 Å². The maximum Gasteiger partial charge on any atom is 0.239 e. The van der Waals surface area contributed by atoms with Crippen molar-refractivity contribution in [2.45, 2.75) is 141 Å². The zero-order valence-electron chi connectivity index (χ0n) is 38.1. The number of amides is 1. The monoisotopic (exact) mass is 859 g/mol. The molecule has 1 heterocycles. The molecular formula is C51H74N2O9. The van der Waals surface area contributed by atoms with Gasteiger partial charge in [-0.25, -0.2) is 0 Å². The highest BCUT2D eigenvalue weighted by Crippen LogP contribution is 2.62. The first-order chi connectivity index (χ1) is 29.9. The highest BCUT2D eigenvalue weighted by atomic mass is 16.7. The Labute approximate surface area is 370 Å². The Morgan fingerprint density at radius 2 is 1.66 bits per heavy atom. The number of aryl methyl sites for hydroxylation is 2. The van der Waals surface area contributed by atoms with Crippen LogP contribution in [0.3, 0.4) is 0 Å². The van der Waals surface area contributed by atoms with Gasteiger partial charge in [0, 0.05) is 44.1 Å². The number of ether oxygens (including phenoxy) is 4. The summed E-state index contributed by atoms with van der Waals surface area (Å²) in [5.74, 6) is 0.896. The van der Waals surface area contributed by atoms with Gasteiger partial charge in [0.25, 0.3) is 0 Å². The number of benzene rings is 2. The number of hydrogen-bond donors (Lipinski definition) is 3. The van der Waals surface area contributed by atoms with E-state index in [1.54, 1.807) is 6.08 Å². The first-order valence-electron chi connectivity index (χ1n) is 23.4. The molecule has 3 aliphatic carbocycles. The van der Waals surface area contributed by atoms with Crippen molar-refractivity contribution in [1.82, 2.24) is 4.90 Å². The van der Waals surface area contributed by atoms with Gasteiger partial charge >= 0.3 is 0 Å². The molecule has 0 spiro atoms. The zero-order valence-corrected chi connectivity index (χ0v) is 38.1. The third-order valence-electron chi connectivity index (χ3n) is 13.4. The third-order valence-corrected chi connectivity index (χ3v) is 13.4. The zero-order chi connectivity index (χ0) is 44.3. The maximum absolute atomic E-state index is 14.9. The van der Waals surface area contributed by atoms with E-state index in [0.717, 1.165) is 73.1 Å². The number of carbonyl (C=O) groups is 1. The van der Waals surface area contributed by atoms with Crippen LogP contribution in [0, 0.1) is 37.5 Å². The topological polar surface area (TPSA) is 140 Å². The molecule has 2 saturated carbocycles. The van der Waals surface area contributed by atoms with Crippen LogP contribution in [0.1, 0.15) is 127 Å². The summed E-state index contributed by atoms with van der Waals surface area (Å²) in [6.07, 6.45) is 15.1. The Kier molecular flexibility index (Phi) is 17.1. The summed E-state index contributed by atoms with van der Waals surface area (Å²) in [5, 5.41) is 34.6. The van der Waals surface area contributed by atoms with E-state index in [1.807, 2.05) is 43.9 Å². The van der Waals surface area contributed by atoms with Gasteiger partial charge in [-0.15, -0.1) is 6.58 Å². The fourth-order valence-electron chi connectivity index (χ4n) is 10.4. The molecule has 1 amide bonds. The molecule has 2 fully saturated rings. The maximum atomic E-state index is 14.9. The molecule has 4 aliphatic rings. The molecule has 2 aromatic rings. The van der Waals surface area contributed by atoms with Crippen LogP contribution in [0.2, 0.25) is 0 Å². The fourth-order valence-corrected chi connectivity index (χ4v) is 10.4. The van der Waals surface area contributed by atoms with Crippen molar-refractivity contribution in [3.05, 3.63) is 77.4 Å². The minimum absolute atomic E-state index is 0.0138. The lowest BCUT2D eigenvalue weighted by atomic mass is 9.55. The number of oxime groups is 1. The molecule has 1 aliphatic heterocycles. The number of unbranched alkanes of at least 4 members (excludes halogenated alkanes) is 2. The van der Waals surface area contributed by atoms with Gasteiger partial charge in [-0.05, 0) is 132 Å². The van der Waals surface area contributed by atoms with Gasteiger partial charge in [-0.1, -0.05) is 61.9 Å². The van der Waals surface area contributed by atoms with Crippen molar-refractivity contribution in [2.24, 2.45) is 28.8 Å². The van der Waals surface area contributed by atoms with Crippen molar-refractivity contribution in [3.63, 3.8) is 0 Å². The van der Waals surface area contributed by atoms with Crippen molar-refractivity contribution < 1.29 is 43.9 Å². The lowest BCUT2D eigenvalue weighted by Gasteiger charge is -2.60. The summed E-state index contributed by atoms with van der Waals surface area (Å²) < 4.78 is 27.1.